The molecule has 138 valence electrons. The number of hydrogen-bond acceptors (Lipinski definition) is 2. The number of ether oxygens (including phenoxy) is 1. The first-order chi connectivity index (χ1) is 12.1. The summed E-state index contributed by atoms with van der Waals surface area (Å²) in [6.07, 6.45) is 6.24. The van der Waals surface area contributed by atoms with Crippen LogP contribution in [0.25, 0.3) is 0 Å². The Morgan fingerprint density at radius 2 is 1.84 bits per heavy atom. The summed E-state index contributed by atoms with van der Waals surface area (Å²) >= 11 is 0. The minimum atomic E-state index is 0.0541. The number of piperidine rings is 2. The summed E-state index contributed by atoms with van der Waals surface area (Å²) in [4.78, 5) is 14.4. The van der Waals surface area contributed by atoms with E-state index in [1.54, 1.807) is 4.90 Å². The largest absolute Gasteiger partial charge is 0.494 e. The zero-order valence-corrected chi connectivity index (χ0v) is 15.9. The predicted molar refractivity (Wildman–Crippen MR) is 100 cm³/mol. The van der Waals surface area contributed by atoms with E-state index < -0.39 is 0 Å². The van der Waals surface area contributed by atoms with Crippen LogP contribution in [-0.2, 0) is 0 Å². The lowest BCUT2D eigenvalue weighted by Crippen LogP contribution is -3.21. The lowest BCUT2D eigenvalue weighted by molar-refractivity contribution is -0.963. The van der Waals surface area contributed by atoms with Crippen LogP contribution in [0.15, 0.2) is 24.3 Å². The van der Waals surface area contributed by atoms with Gasteiger partial charge in [-0.1, -0.05) is 13.8 Å². The number of fused-ring (bicyclic) bond motifs is 2. The third kappa shape index (κ3) is 4.55. The molecule has 0 aliphatic carbocycles. The first kappa shape index (κ1) is 18.2. The number of quaternary nitrogens is 1. The van der Waals surface area contributed by atoms with E-state index >= 15 is 0 Å². The first-order valence-electron chi connectivity index (χ1n) is 9.96. The Labute approximate surface area is 151 Å². The van der Waals surface area contributed by atoms with Gasteiger partial charge in [0, 0.05) is 30.4 Å². The first-order valence-corrected chi connectivity index (χ1v) is 9.96. The third-order valence-electron chi connectivity index (χ3n) is 5.70. The second-order valence-electron chi connectivity index (χ2n) is 8.10. The van der Waals surface area contributed by atoms with Crippen molar-refractivity contribution >= 4 is 5.91 Å². The van der Waals surface area contributed by atoms with E-state index in [-0.39, 0.29) is 5.91 Å². The van der Waals surface area contributed by atoms with E-state index in [0.29, 0.717) is 12.6 Å². The summed E-state index contributed by atoms with van der Waals surface area (Å²) in [6, 6.07) is 9.25. The van der Waals surface area contributed by atoms with Gasteiger partial charge in [-0.15, -0.1) is 0 Å². The van der Waals surface area contributed by atoms with Crippen molar-refractivity contribution in [1.82, 2.24) is 5.32 Å². The zero-order chi connectivity index (χ0) is 17.8. The highest BCUT2D eigenvalue weighted by Gasteiger charge is 2.42. The summed E-state index contributed by atoms with van der Waals surface area (Å²) in [5.74, 6) is 1.62. The van der Waals surface area contributed by atoms with Gasteiger partial charge in [-0.2, -0.15) is 0 Å². The highest BCUT2D eigenvalue weighted by molar-refractivity contribution is 5.94. The van der Waals surface area contributed by atoms with Crippen LogP contribution < -0.4 is 15.0 Å². The van der Waals surface area contributed by atoms with Crippen molar-refractivity contribution in [3.05, 3.63) is 29.8 Å². The van der Waals surface area contributed by atoms with Crippen LogP contribution in [0, 0.1) is 5.92 Å². The topological polar surface area (TPSA) is 42.8 Å². The zero-order valence-electron chi connectivity index (χ0n) is 15.9. The molecule has 0 saturated carbocycles. The molecule has 4 nitrogen and oxygen atoms in total. The van der Waals surface area contributed by atoms with E-state index in [4.69, 9.17) is 4.74 Å². The fraction of sp³-hybridized carbons (Fsp3) is 0.667. The highest BCUT2D eigenvalue weighted by Crippen LogP contribution is 2.23. The average molecular weight is 346 g/mol. The summed E-state index contributed by atoms with van der Waals surface area (Å²) in [5, 5.41) is 3.30. The molecule has 1 aromatic carbocycles. The molecule has 0 aromatic heterocycles. The molecule has 2 N–H and O–H groups in total. The summed E-state index contributed by atoms with van der Waals surface area (Å²) in [5.41, 5.74) is 0.727. The molecule has 1 amide bonds. The summed E-state index contributed by atoms with van der Waals surface area (Å²) in [6.45, 7) is 8.52. The number of carbonyl (C=O) groups excluding carboxylic acids is 1. The van der Waals surface area contributed by atoms with Crippen LogP contribution >= 0.6 is 0 Å². The van der Waals surface area contributed by atoms with Gasteiger partial charge in [0.15, 0.2) is 0 Å². The molecule has 4 atom stereocenters. The van der Waals surface area contributed by atoms with Gasteiger partial charge in [0.25, 0.3) is 5.91 Å². The Morgan fingerprint density at radius 3 is 2.40 bits per heavy atom. The average Bonchev–Trinajstić information content (AvgIpc) is 2.56. The van der Waals surface area contributed by atoms with Crippen LogP contribution in [0.3, 0.4) is 0 Å². The number of hydrogen-bond donors (Lipinski definition) is 2. The summed E-state index contributed by atoms with van der Waals surface area (Å²) in [7, 11) is 0. The SMILES string of the molecule is CCOc1ccc(C(=O)NC2C[C@H]3CCC[C@@H](C2)[NH+]3CC(C)C)cc1. The fourth-order valence-electron chi connectivity index (χ4n) is 4.70. The van der Waals surface area contributed by atoms with Crippen LogP contribution in [0.5, 0.6) is 5.75 Å². The van der Waals surface area contributed by atoms with Gasteiger partial charge in [0.2, 0.25) is 0 Å². The van der Waals surface area contributed by atoms with E-state index in [2.05, 4.69) is 19.2 Å². The maximum atomic E-state index is 12.6. The maximum Gasteiger partial charge on any atom is 0.251 e. The Kier molecular flexibility index (Phi) is 6.00. The van der Waals surface area contributed by atoms with Crippen molar-refractivity contribution in [2.24, 2.45) is 5.92 Å². The number of rotatable bonds is 6. The van der Waals surface area contributed by atoms with E-state index in [1.807, 2.05) is 31.2 Å². The molecule has 3 rings (SSSR count). The highest BCUT2D eigenvalue weighted by atomic mass is 16.5. The van der Waals surface area contributed by atoms with E-state index in [9.17, 15) is 4.79 Å². The van der Waals surface area contributed by atoms with Gasteiger partial charge in [-0.3, -0.25) is 4.79 Å². The van der Waals surface area contributed by atoms with Crippen LogP contribution in [0.1, 0.15) is 63.2 Å². The van der Waals surface area contributed by atoms with Crippen LogP contribution in [-0.4, -0.2) is 37.2 Å². The molecule has 0 radical (unpaired) electrons. The molecule has 2 aliphatic heterocycles. The molecule has 0 spiro atoms. The number of nitrogens with one attached hydrogen (secondary N) is 2. The van der Waals surface area contributed by atoms with Gasteiger partial charge in [-0.25, -0.2) is 0 Å². The number of benzene rings is 1. The van der Waals surface area contributed by atoms with Crippen molar-refractivity contribution in [1.29, 1.82) is 0 Å². The quantitative estimate of drug-likeness (QED) is 0.832. The van der Waals surface area contributed by atoms with Crippen molar-refractivity contribution in [2.45, 2.75) is 71.0 Å². The van der Waals surface area contributed by atoms with Crippen molar-refractivity contribution in [2.75, 3.05) is 13.2 Å². The van der Waals surface area contributed by atoms with Crippen molar-refractivity contribution in [3.8, 4) is 5.75 Å². The number of carbonyl (C=O) groups is 1. The lowest BCUT2D eigenvalue weighted by atomic mass is 9.81. The normalized spacial score (nSPS) is 28.6. The third-order valence-corrected chi connectivity index (χ3v) is 5.70. The van der Waals surface area contributed by atoms with Gasteiger partial charge in [-0.05, 0) is 50.5 Å². The minimum absolute atomic E-state index is 0.0541. The maximum absolute atomic E-state index is 12.6. The van der Waals surface area contributed by atoms with Crippen LogP contribution in [0.4, 0.5) is 0 Å². The predicted octanol–water partition coefficient (Wildman–Crippen LogP) is 2.44. The molecule has 2 unspecified atom stereocenters. The Balaban J connectivity index is 1.59. The molecule has 2 saturated heterocycles. The molecular weight excluding hydrogens is 312 g/mol. The van der Waals surface area contributed by atoms with Crippen molar-refractivity contribution in [3.63, 3.8) is 0 Å². The molecule has 4 heteroatoms. The summed E-state index contributed by atoms with van der Waals surface area (Å²) < 4.78 is 5.45. The molecule has 2 bridgehead atoms. The molecule has 2 aliphatic rings. The smallest absolute Gasteiger partial charge is 0.251 e. The van der Waals surface area contributed by atoms with Gasteiger partial charge < -0.3 is 15.0 Å². The molecule has 1 aromatic rings. The Bertz CT molecular complexity index is 556. The standard InChI is InChI=1S/C21H32N2O2/c1-4-25-20-10-8-16(9-11-20)21(24)22-17-12-18-6-5-7-19(13-17)23(18)14-15(2)3/h8-11,15,17-19H,4-7,12-14H2,1-3H3,(H,22,24)/p+1/t17?,18-,19+. The number of amides is 1. The Morgan fingerprint density at radius 1 is 1.20 bits per heavy atom. The molecule has 25 heavy (non-hydrogen) atoms. The van der Waals surface area contributed by atoms with Gasteiger partial charge in [0.05, 0.1) is 25.2 Å². The minimum Gasteiger partial charge on any atom is -0.494 e. The second kappa shape index (κ2) is 8.22. The van der Waals surface area contributed by atoms with Gasteiger partial charge in [0.1, 0.15) is 5.75 Å². The Hall–Kier alpha value is -1.55. The van der Waals surface area contributed by atoms with E-state index in [0.717, 1.165) is 42.2 Å². The van der Waals surface area contributed by atoms with Gasteiger partial charge >= 0.3 is 0 Å². The molecule has 2 fully saturated rings. The van der Waals surface area contributed by atoms with Crippen LogP contribution in [0.2, 0.25) is 0 Å². The van der Waals surface area contributed by atoms with Crippen molar-refractivity contribution < 1.29 is 14.4 Å². The van der Waals surface area contributed by atoms with E-state index in [1.165, 1.54) is 25.8 Å². The fourth-order valence-corrected chi connectivity index (χ4v) is 4.70. The monoisotopic (exact) mass is 345 g/mol. The second-order valence-corrected chi connectivity index (χ2v) is 8.10. The molecular formula is C21H33N2O2+. The molecule has 2 heterocycles. The lowest BCUT2D eigenvalue weighted by Gasteiger charge is -2.46.